The van der Waals surface area contributed by atoms with Gasteiger partial charge in [0.25, 0.3) is 0 Å². The number of amides is 3. The number of fused-ring (bicyclic) bond motifs is 1. The minimum Gasteiger partial charge on any atom is -0.341 e. The average Bonchev–Trinajstić information content (AvgIpc) is 3.29. The molecule has 2 fully saturated rings. The van der Waals surface area contributed by atoms with E-state index in [2.05, 4.69) is 20.8 Å². The number of hydrogen-bond acceptors (Lipinski definition) is 6. The highest BCUT2D eigenvalue weighted by molar-refractivity contribution is 7.03. The maximum absolute atomic E-state index is 12.7. The van der Waals surface area contributed by atoms with Crippen LogP contribution in [0.3, 0.4) is 0 Å². The molecule has 8 nitrogen and oxygen atoms in total. The van der Waals surface area contributed by atoms with Crippen molar-refractivity contribution < 1.29 is 14.4 Å². The van der Waals surface area contributed by atoms with Crippen LogP contribution >= 0.6 is 11.5 Å². The Kier molecular flexibility index (Phi) is 5.57. The molecule has 2 aromatic heterocycles. The third-order valence-corrected chi connectivity index (χ3v) is 7.18. The molecule has 3 aliphatic heterocycles. The van der Waals surface area contributed by atoms with E-state index < -0.39 is 5.41 Å². The first-order valence-corrected chi connectivity index (χ1v) is 11.9. The van der Waals surface area contributed by atoms with Crippen molar-refractivity contribution in [3.63, 3.8) is 0 Å². The number of rotatable bonds is 3. The van der Waals surface area contributed by atoms with E-state index in [1.165, 1.54) is 24.0 Å². The molecular formula is C24H25N5O3S. The summed E-state index contributed by atoms with van der Waals surface area (Å²) in [5, 5.41) is 4.84. The SMILES string of the molecule is CC(=O)N1CC2(Cc3cc(C=CC(=O)N4CCC(=Cc5ccsn5)CC4)cnc3NC2=O)C1. The van der Waals surface area contributed by atoms with Crippen molar-refractivity contribution in [3.8, 4) is 0 Å². The smallest absolute Gasteiger partial charge is 0.246 e. The monoisotopic (exact) mass is 463 g/mol. The normalized spacial score (nSPS) is 19.3. The summed E-state index contributed by atoms with van der Waals surface area (Å²) in [5.74, 6) is 0.454. The first kappa shape index (κ1) is 21.5. The van der Waals surface area contributed by atoms with Gasteiger partial charge in [-0.25, -0.2) is 4.98 Å². The van der Waals surface area contributed by atoms with Gasteiger partial charge in [0, 0.05) is 50.8 Å². The van der Waals surface area contributed by atoms with Gasteiger partial charge in [0.1, 0.15) is 5.82 Å². The van der Waals surface area contributed by atoms with Gasteiger partial charge in [-0.05, 0) is 66.2 Å². The van der Waals surface area contributed by atoms with Crippen LogP contribution in [0.1, 0.15) is 36.6 Å². The van der Waals surface area contributed by atoms with E-state index in [1.807, 2.05) is 22.4 Å². The molecule has 1 spiro atoms. The van der Waals surface area contributed by atoms with E-state index >= 15 is 0 Å². The van der Waals surface area contributed by atoms with Gasteiger partial charge in [0.2, 0.25) is 17.7 Å². The number of hydrogen-bond donors (Lipinski definition) is 1. The molecule has 1 N–H and O–H groups in total. The van der Waals surface area contributed by atoms with Crippen molar-refractivity contribution in [2.24, 2.45) is 5.41 Å². The van der Waals surface area contributed by atoms with E-state index in [1.54, 1.807) is 23.2 Å². The van der Waals surface area contributed by atoms with Gasteiger partial charge in [-0.3, -0.25) is 14.4 Å². The van der Waals surface area contributed by atoms with Gasteiger partial charge in [-0.15, -0.1) is 0 Å². The van der Waals surface area contributed by atoms with Crippen molar-refractivity contribution >= 4 is 47.2 Å². The fourth-order valence-electron chi connectivity index (χ4n) is 4.65. The summed E-state index contributed by atoms with van der Waals surface area (Å²) >= 11 is 1.44. The largest absolute Gasteiger partial charge is 0.341 e. The van der Waals surface area contributed by atoms with Gasteiger partial charge in [0.05, 0.1) is 11.1 Å². The molecule has 0 aliphatic carbocycles. The van der Waals surface area contributed by atoms with E-state index in [9.17, 15) is 14.4 Å². The fourth-order valence-corrected chi connectivity index (χ4v) is 5.15. The Labute approximate surface area is 196 Å². The lowest BCUT2D eigenvalue weighted by Crippen LogP contribution is -2.65. The van der Waals surface area contributed by atoms with Gasteiger partial charge in [0.15, 0.2) is 0 Å². The summed E-state index contributed by atoms with van der Waals surface area (Å²) < 4.78 is 4.32. The Hall–Kier alpha value is -3.33. The molecule has 0 bridgehead atoms. The molecule has 0 radical (unpaired) electrons. The second kappa shape index (κ2) is 8.55. The van der Waals surface area contributed by atoms with Gasteiger partial charge < -0.3 is 15.1 Å². The summed E-state index contributed by atoms with van der Waals surface area (Å²) in [6.45, 7) is 3.77. The van der Waals surface area contributed by atoms with Gasteiger partial charge in [-0.1, -0.05) is 5.57 Å². The summed E-state index contributed by atoms with van der Waals surface area (Å²) in [7, 11) is 0. The number of aromatic nitrogens is 2. The molecule has 0 saturated carbocycles. The van der Waals surface area contributed by atoms with E-state index in [-0.39, 0.29) is 17.7 Å². The van der Waals surface area contributed by atoms with E-state index in [0.29, 0.717) is 38.4 Å². The van der Waals surface area contributed by atoms with Crippen molar-refractivity contribution in [1.29, 1.82) is 0 Å². The Morgan fingerprint density at radius 3 is 2.70 bits per heavy atom. The number of nitrogens with zero attached hydrogens (tertiary/aromatic N) is 4. The Balaban J connectivity index is 1.21. The molecule has 0 aromatic carbocycles. The number of nitrogens with one attached hydrogen (secondary N) is 1. The van der Waals surface area contributed by atoms with E-state index in [0.717, 1.165) is 29.7 Å². The molecule has 2 aromatic rings. The summed E-state index contributed by atoms with van der Waals surface area (Å²) in [6, 6.07) is 3.97. The predicted molar refractivity (Wildman–Crippen MR) is 126 cm³/mol. The summed E-state index contributed by atoms with van der Waals surface area (Å²) in [6.07, 6.45) is 9.41. The molecule has 33 heavy (non-hydrogen) atoms. The predicted octanol–water partition coefficient (Wildman–Crippen LogP) is 2.60. The number of carbonyl (C=O) groups is 3. The van der Waals surface area contributed by atoms with Crippen LogP contribution < -0.4 is 5.32 Å². The van der Waals surface area contributed by atoms with Crippen LogP contribution in [-0.4, -0.2) is 63.1 Å². The first-order chi connectivity index (χ1) is 15.9. The highest BCUT2D eigenvalue weighted by atomic mass is 32.1. The molecule has 0 unspecified atom stereocenters. The van der Waals surface area contributed by atoms with E-state index in [4.69, 9.17) is 0 Å². The van der Waals surface area contributed by atoms with Crippen LogP contribution in [0.4, 0.5) is 5.82 Å². The lowest BCUT2D eigenvalue weighted by atomic mass is 9.72. The number of carbonyl (C=O) groups excluding carboxylic acids is 3. The molecule has 2 saturated heterocycles. The summed E-state index contributed by atoms with van der Waals surface area (Å²) in [5.41, 5.74) is 3.49. The quantitative estimate of drug-likeness (QED) is 0.706. The van der Waals surface area contributed by atoms with Crippen LogP contribution in [0.5, 0.6) is 0 Å². The first-order valence-electron chi connectivity index (χ1n) is 11.0. The zero-order valence-corrected chi connectivity index (χ0v) is 19.2. The molecule has 170 valence electrons. The van der Waals surface area contributed by atoms with Crippen molar-refractivity contribution in [2.45, 2.75) is 26.2 Å². The van der Waals surface area contributed by atoms with Gasteiger partial charge in [-0.2, -0.15) is 4.37 Å². The van der Waals surface area contributed by atoms with Crippen molar-refractivity contribution in [3.05, 3.63) is 52.2 Å². The lowest BCUT2D eigenvalue weighted by molar-refractivity contribution is -0.149. The Bertz CT molecular complexity index is 1150. The zero-order valence-electron chi connectivity index (χ0n) is 18.4. The Morgan fingerprint density at radius 2 is 2.00 bits per heavy atom. The Morgan fingerprint density at radius 1 is 1.21 bits per heavy atom. The van der Waals surface area contributed by atoms with Crippen molar-refractivity contribution in [1.82, 2.24) is 19.2 Å². The van der Waals surface area contributed by atoms with Crippen LogP contribution in [0.15, 0.2) is 35.4 Å². The summed E-state index contributed by atoms with van der Waals surface area (Å²) in [4.78, 5) is 44.7. The second-order valence-corrected chi connectivity index (χ2v) is 9.61. The lowest BCUT2D eigenvalue weighted by Gasteiger charge is -2.50. The maximum Gasteiger partial charge on any atom is 0.246 e. The fraction of sp³-hybridized carbons (Fsp3) is 0.375. The molecule has 5 heterocycles. The maximum atomic E-state index is 12.7. The molecule has 5 rings (SSSR count). The average molecular weight is 464 g/mol. The molecule has 0 atom stereocenters. The number of piperidine rings is 1. The molecular weight excluding hydrogens is 438 g/mol. The van der Waals surface area contributed by atoms with Crippen molar-refractivity contribution in [2.75, 3.05) is 31.5 Å². The molecule has 3 aliphatic rings. The molecule has 9 heteroatoms. The minimum absolute atomic E-state index is 0.0127. The third-order valence-electron chi connectivity index (χ3n) is 6.61. The minimum atomic E-state index is -0.573. The third kappa shape index (κ3) is 4.32. The van der Waals surface area contributed by atoms with Gasteiger partial charge >= 0.3 is 0 Å². The van der Waals surface area contributed by atoms with Crippen LogP contribution in [0, 0.1) is 5.41 Å². The molecule has 3 amide bonds. The van der Waals surface area contributed by atoms with Crippen LogP contribution in [-0.2, 0) is 20.8 Å². The number of anilines is 1. The second-order valence-electron chi connectivity index (χ2n) is 8.95. The topological polar surface area (TPSA) is 95.5 Å². The highest BCUT2D eigenvalue weighted by Gasteiger charge is 2.52. The number of likely N-dealkylation sites (tertiary alicyclic amines) is 2. The number of pyridine rings is 1. The van der Waals surface area contributed by atoms with Crippen LogP contribution in [0.2, 0.25) is 0 Å². The highest BCUT2D eigenvalue weighted by Crippen LogP contribution is 2.40. The van der Waals surface area contributed by atoms with Crippen LogP contribution in [0.25, 0.3) is 12.2 Å². The standard InChI is InChI=1S/C24H25N5O3S/c1-16(30)29-14-24(15-29)12-19-10-18(13-25-22(19)26-23(24)32)2-3-21(31)28-7-4-17(5-8-28)11-20-6-9-33-27-20/h2-3,6,9-11,13H,4-5,7-8,12,14-15H2,1H3,(H,25,26,32). The zero-order chi connectivity index (χ0) is 23.0.